The normalized spacial score (nSPS) is 24.7. The molecule has 0 bridgehead atoms. The van der Waals surface area contributed by atoms with Crippen LogP contribution in [0.2, 0.25) is 0 Å². The summed E-state index contributed by atoms with van der Waals surface area (Å²) in [4.78, 5) is 6.76. The number of nitrogens with two attached hydrogens (primary N) is 1. The van der Waals surface area contributed by atoms with E-state index in [1.54, 1.807) is 6.20 Å². The zero-order chi connectivity index (χ0) is 12.4. The van der Waals surface area contributed by atoms with Gasteiger partial charge < -0.3 is 15.4 Å². The predicted molar refractivity (Wildman–Crippen MR) is 72.3 cm³/mol. The Labute approximate surface area is 107 Å². The van der Waals surface area contributed by atoms with Gasteiger partial charge in [0.2, 0.25) is 0 Å². The Balaban J connectivity index is 2.21. The second-order valence-corrected chi connectivity index (χ2v) is 4.87. The first-order valence-electron chi connectivity index (χ1n) is 5.72. The van der Waals surface area contributed by atoms with Crippen LogP contribution in [0.25, 0.3) is 0 Å². The number of ether oxygens (including phenoxy) is 1. The van der Waals surface area contributed by atoms with Crippen LogP contribution in [0.3, 0.4) is 0 Å². The molecule has 1 saturated heterocycles. The van der Waals surface area contributed by atoms with Gasteiger partial charge in [0.05, 0.1) is 17.9 Å². The highest BCUT2D eigenvalue weighted by Gasteiger charge is 2.22. The zero-order valence-corrected chi connectivity index (χ0v) is 10.9. The van der Waals surface area contributed by atoms with Gasteiger partial charge in [0.25, 0.3) is 0 Å². The fourth-order valence-electron chi connectivity index (χ4n) is 2.14. The van der Waals surface area contributed by atoms with Gasteiger partial charge in [0.15, 0.2) is 0 Å². The van der Waals surface area contributed by atoms with Crippen molar-refractivity contribution in [2.24, 2.45) is 5.73 Å². The molecular weight excluding hydrogens is 234 g/mol. The van der Waals surface area contributed by atoms with Gasteiger partial charge in [-0.1, -0.05) is 12.2 Å². The Morgan fingerprint density at radius 2 is 2.12 bits per heavy atom. The van der Waals surface area contributed by atoms with Crippen molar-refractivity contribution < 1.29 is 4.74 Å². The molecule has 92 valence electrons. The van der Waals surface area contributed by atoms with Crippen LogP contribution in [0.15, 0.2) is 18.3 Å². The predicted octanol–water partition coefficient (Wildman–Crippen LogP) is 1.33. The molecule has 2 unspecified atom stereocenters. The number of anilines is 1. The SMILES string of the molecule is CC1CN(c2ccnc(C(N)=S)c2)CC(C)O1. The molecule has 0 aromatic carbocycles. The number of morpholine rings is 1. The third-order valence-corrected chi connectivity index (χ3v) is 2.99. The number of thiocarbonyl (C=S) groups is 1. The molecule has 0 amide bonds. The quantitative estimate of drug-likeness (QED) is 0.804. The van der Waals surface area contributed by atoms with Gasteiger partial charge in [-0.2, -0.15) is 0 Å². The van der Waals surface area contributed by atoms with Gasteiger partial charge in [-0.15, -0.1) is 0 Å². The largest absolute Gasteiger partial charge is 0.388 e. The van der Waals surface area contributed by atoms with E-state index in [1.807, 2.05) is 12.1 Å². The van der Waals surface area contributed by atoms with Crippen molar-refractivity contribution in [3.63, 3.8) is 0 Å². The van der Waals surface area contributed by atoms with E-state index < -0.39 is 0 Å². The van der Waals surface area contributed by atoms with E-state index >= 15 is 0 Å². The van der Waals surface area contributed by atoms with Crippen molar-refractivity contribution in [3.8, 4) is 0 Å². The zero-order valence-electron chi connectivity index (χ0n) is 10.1. The lowest BCUT2D eigenvalue weighted by molar-refractivity contribution is -0.00522. The molecule has 2 atom stereocenters. The number of hydrogen-bond acceptors (Lipinski definition) is 4. The van der Waals surface area contributed by atoms with Crippen molar-refractivity contribution >= 4 is 22.9 Å². The Morgan fingerprint density at radius 1 is 1.47 bits per heavy atom. The molecule has 2 heterocycles. The van der Waals surface area contributed by atoms with Gasteiger partial charge in [0, 0.05) is 25.0 Å². The minimum Gasteiger partial charge on any atom is -0.388 e. The summed E-state index contributed by atoms with van der Waals surface area (Å²) >= 11 is 4.94. The number of hydrogen-bond donors (Lipinski definition) is 1. The number of nitrogens with zero attached hydrogens (tertiary/aromatic N) is 2. The molecule has 0 spiro atoms. The van der Waals surface area contributed by atoms with Gasteiger partial charge in [-0.3, -0.25) is 4.98 Å². The summed E-state index contributed by atoms with van der Waals surface area (Å²) in [6.07, 6.45) is 2.22. The highest BCUT2D eigenvalue weighted by atomic mass is 32.1. The highest BCUT2D eigenvalue weighted by Crippen LogP contribution is 2.20. The lowest BCUT2D eigenvalue weighted by Gasteiger charge is -2.36. The maximum absolute atomic E-state index is 5.71. The number of aromatic nitrogens is 1. The molecular formula is C12H17N3OS. The number of pyridine rings is 1. The second-order valence-electron chi connectivity index (χ2n) is 4.43. The van der Waals surface area contributed by atoms with E-state index in [1.165, 1.54) is 0 Å². The molecule has 1 aromatic heterocycles. The Morgan fingerprint density at radius 3 is 2.71 bits per heavy atom. The molecule has 0 radical (unpaired) electrons. The molecule has 0 aliphatic carbocycles. The minimum absolute atomic E-state index is 0.236. The van der Waals surface area contributed by atoms with Crippen molar-refractivity contribution in [3.05, 3.63) is 24.0 Å². The van der Waals surface area contributed by atoms with Gasteiger partial charge in [-0.05, 0) is 26.0 Å². The third kappa shape index (κ3) is 2.92. The maximum atomic E-state index is 5.71. The van der Waals surface area contributed by atoms with Gasteiger partial charge >= 0.3 is 0 Å². The van der Waals surface area contributed by atoms with Crippen LogP contribution in [-0.2, 0) is 4.74 Å². The first-order valence-corrected chi connectivity index (χ1v) is 6.13. The van der Waals surface area contributed by atoms with Crippen LogP contribution in [0.5, 0.6) is 0 Å². The molecule has 1 fully saturated rings. The molecule has 5 heteroatoms. The molecule has 0 saturated carbocycles. The molecule has 2 N–H and O–H groups in total. The summed E-state index contributed by atoms with van der Waals surface area (Å²) in [6.45, 7) is 5.92. The summed E-state index contributed by atoms with van der Waals surface area (Å²) in [5.41, 5.74) is 7.36. The summed E-state index contributed by atoms with van der Waals surface area (Å²) in [5.74, 6) is 0. The summed E-state index contributed by atoms with van der Waals surface area (Å²) in [6, 6.07) is 3.92. The van der Waals surface area contributed by atoms with E-state index in [4.69, 9.17) is 22.7 Å². The smallest absolute Gasteiger partial charge is 0.122 e. The first-order chi connectivity index (χ1) is 8.06. The maximum Gasteiger partial charge on any atom is 0.122 e. The lowest BCUT2D eigenvalue weighted by Crippen LogP contribution is -2.45. The second kappa shape index (κ2) is 4.98. The van der Waals surface area contributed by atoms with E-state index in [-0.39, 0.29) is 12.2 Å². The van der Waals surface area contributed by atoms with E-state index in [0.717, 1.165) is 18.8 Å². The lowest BCUT2D eigenvalue weighted by atomic mass is 10.2. The van der Waals surface area contributed by atoms with Crippen LogP contribution in [-0.4, -0.2) is 35.3 Å². The summed E-state index contributed by atoms with van der Waals surface area (Å²) in [7, 11) is 0. The summed E-state index contributed by atoms with van der Waals surface area (Å²) < 4.78 is 5.71. The van der Waals surface area contributed by atoms with Crippen LogP contribution in [0.4, 0.5) is 5.69 Å². The van der Waals surface area contributed by atoms with E-state index in [0.29, 0.717) is 10.7 Å². The topological polar surface area (TPSA) is 51.4 Å². The van der Waals surface area contributed by atoms with Crippen molar-refractivity contribution in [1.29, 1.82) is 0 Å². The van der Waals surface area contributed by atoms with E-state index in [2.05, 4.69) is 23.7 Å². The van der Waals surface area contributed by atoms with Gasteiger partial charge in [0.1, 0.15) is 4.99 Å². The molecule has 2 rings (SSSR count). The van der Waals surface area contributed by atoms with Crippen LogP contribution < -0.4 is 10.6 Å². The van der Waals surface area contributed by atoms with E-state index in [9.17, 15) is 0 Å². The van der Waals surface area contributed by atoms with Crippen molar-refractivity contribution in [2.45, 2.75) is 26.1 Å². The highest BCUT2D eigenvalue weighted by molar-refractivity contribution is 7.80. The summed E-state index contributed by atoms with van der Waals surface area (Å²) in [5, 5.41) is 0. The fraction of sp³-hybridized carbons (Fsp3) is 0.500. The molecule has 4 nitrogen and oxygen atoms in total. The van der Waals surface area contributed by atoms with Crippen LogP contribution in [0, 0.1) is 0 Å². The average Bonchev–Trinajstić information content (AvgIpc) is 2.28. The monoisotopic (exact) mass is 251 g/mol. The minimum atomic E-state index is 0.236. The third-order valence-electron chi connectivity index (χ3n) is 2.78. The molecule has 1 aliphatic rings. The molecule has 17 heavy (non-hydrogen) atoms. The van der Waals surface area contributed by atoms with Crippen molar-refractivity contribution in [1.82, 2.24) is 4.98 Å². The standard InChI is InChI=1S/C12H17N3OS/c1-8-6-15(7-9(2)16-8)10-3-4-14-11(5-10)12(13)17/h3-5,8-9H,6-7H2,1-2H3,(H2,13,17). The van der Waals surface area contributed by atoms with Crippen molar-refractivity contribution in [2.75, 3.05) is 18.0 Å². The molecule has 1 aliphatic heterocycles. The van der Waals surface area contributed by atoms with Crippen LogP contribution >= 0.6 is 12.2 Å². The first kappa shape index (κ1) is 12.3. The Kier molecular flexibility index (Phi) is 3.59. The Bertz CT molecular complexity index is 414. The molecule has 1 aromatic rings. The fourth-order valence-corrected chi connectivity index (χ4v) is 2.25. The number of rotatable bonds is 2. The van der Waals surface area contributed by atoms with Gasteiger partial charge in [-0.25, -0.2) is 0 Å². The Hall–Kier alpha value is -1.20. The average molecular weight is 251 g/mol. The van der Waals surface area contributed by atoms with Crippen LogP contribution in [0.1, 0.15) is 19.5 Å².